The fraction of sp³-hybridized carbons (Fsp3) is 0.545. The molecule has 4 rings (SSSR count). The van der Waals surface area contributed by atoms with Crippen LogP contribution in [0.25, 0.3) is 0 Å². The summed E-state index contributed by atoms with van der Waals surface area (Å²) in [5.41, 5.74) is 0. The lowest BCUT2D eigenvalue weighted by molar-refractivity contribution is -0.135. The van der Waals surface area contributed by atoms with Crippen molar-refractivity contribution < 1.29 is 19.0 Å². The van der Waals surface area contributed by atoms with Gasteiger partial charge in [0.1, 0.15) is 17.6 Å². The zero-order valence-corrected chi connectivity index (χ0v) is 18.2. The summed E-state index contributed by atoms with van der Waals surface area (Å²) in [7, 11) is 1.63. The molecule has 0 spiro atoms. The second-order valence-electron chi connectivity index (χ2n) is 7.73. The van der Waals surface area contributed by atoms with Crippen LogP contribution in [-0.2, 0) is 4.79 Å². The highest BCUT2D eigenvalue weighted by molar-refractivity contribution is 7.11. The van der Waals surface area contributed by atoms with E-state index in [4.69, 9.17) is 14.2 Å². The predicted molar refractivity (Wildman–Crippen MR) is 115 cm³/mol. The number of thiazole rings is 1. The maximum atomic E-state index is 12.5. The number of carbonyl (C=O) groups is 1. The number of benzene rings is 1. The number of amides is 1. The Morgan fingerprint density at radius 1 is 1.07 bits per heavy atom. The fourth-order valence-electron chi connectivity index (χ4n) is 4.16. The van der Waals surface area contributed by atoms with Crippen LogP contribution in [0.2, 0.25) is 0 Å². The van der Waals surface area contributed by atoms with E-state index in [-0.39, 0.29) is 18.6 Å². The van der Waals surface area contributed by atoms with E-state index in [0.717, 1.165) is 62.8 Å². The number of rotatable bonds is 7. The summed E-state index contributed by atoms with van der Waals surface area (Å²) in [6, 6.07) is 7.85. The Morgan fingerprint density at radius 3 is 2.40 bits per heavy atom. The number of ether oxygens (including phenoxy) is 3. The van der Waals surface area contributed by atoms with Crippen LogP contribution in [0.3, 0.4) is 0 Å². The van der Waals surface area contributed by atoms with Gasteiger partial charge in [-0.15, -0.1) is 0 Å². The molecule has 8 heteroatoms. The Kier molecular flexibility index (Phi) is 7.07. The molecule has 1 aromatic carbocycles. The van der Waals surface area contributed by atoms with Crippen molar-refractivity contribution in [1.82, 2.24) is 14.8 Å². The fourth-order valence-corrected chi connectivity index (χ4v) is 4.71. The average Bonchev–Trinajstić information content (AvgIpc) is 3.31. The minimum absolute atomic E-state index is 0.0554. The van der Waals surface area contributed by atoms with Crippen LogP contribution in [0.1, 0.15) is 25.7 Å². The van der Waals surface area contributed by atoms with Gasteiger partial charge in [-0.3, -0.25) is 9.69 Å². The standard InChI is InChI=1S/C22H29N3O4S/c1-27-18-2-4-19(5-3-18)28-16-21(26)25-11-6-17(7-12-25)24-13-8-20(9-14-24)29-22-23-10-15-30-22/h2-5,10,15,17,20H,6-9,11-14,16H2,1H3. The van der Waals surface area contributed by atoms with Crippen molar-refractivity contribution in [3.8, 4) is 16.7 Å². The summed E-state index contributed by atoms with van der Waals surface area (Å²) in [5.74, 6) is 1.51. The third-order valence-corrected chi connectivity index (χ3v) is 6.57. The summed E-state index contributed by atoms with van der Waals surface area (Å²) < 4.78 is 16.7. The summed E-state index contributed by atoms with van der Waals surface area (Å²) >= 11 is 1.55. The normalized spacial score (nSPS) is 18.9. The molecule has 2 saturated heterocycles. The molecule has 2 aliphatic rings. The number of piperidine rings is 2. The molecule has 0 bridgehead atoms. The molecule has 0 unspecified atom stereocenters. The Hall–Kier alpha value is -2.32. The van der Waals surface area contributed by atoms with Crippen molar-refractivity contribution in [2.45, 2.75) is 37.8 Å². The van der Waals surface area contributed by atoms with Gasteiger partial charge < -0.3 is 19.1 Å². The predicted octanol–water partition coefficient (Wildman–Crippen LogP) is 3.06. The Morgan fingerprint density at radius 2 is 1.77 bits per heavy atom. The van der Waals surface area contributed by atoms with Crippen molar-refractivity contribution in [2.24, 2.45) is 0 Å². The molecule has 0 saturated carbocycles. The molecule has 0 radical (unpaired) electrons. The molecule has 30 heavy (non-hydrogen) atoms. The third kappa shape index (κ3) is 5.43. The Labute approximate surface area is 181 Å². The summed E-state index contributed by atoms with van der Waals surface area (Å²) in [5, 5.41) is 2.72. The van der Waals surface area contributed by atoms with Gasteiger partial charge in [0.05, 0.1) is 7.11 Å². The summed E-state index contributed by atoms with van der Waals surface area (Å²) in [6.45, 7) is 3.77. The van der Waals surface area contributed by atoms with E-state index in [1.807, 2.05) is 34.5 Å². The van der Waals surface area contributed by atoms with Crippen LogP contribution in [0.5, 0.6) is 16.7 Å². The number of likely N-dealkylation sites (tertiary alicyclic amines) is 2. The smallest absolute Gasteiger partial charge is 0.273 e. The highest BCUT2D eigenvalue weighted by Gasteiger charge is 2.30. The number of methoxy groups -OCH3 is 1. The molecular weight excluding hydrogens is 402 g/mol. The van der Waals surface area contributed by atoms with E-state index in [0.29, 0.717) is 11.8 Å². The van der Waals surface area contributed by atoms with E-state index in [9.17, 15) is 4.79 Å². The zero-order chi connectivity index (χ0) is 20.8. The second kappa shape index (κ2) is 10.1. The minimum atomic E-state index is 0.0554. The first kappa shape index (κ1) is 20.9. The number of carbonyl (C=O) groups excluding carboxylic acids is 1. The van der Waals surface area contributed by atoms with Crippen molar-refractivity contribution >= 4 is 17.2 Å². The molecule has 0 N–H and O–H groups in total. The van der Waals surface area contributed by atoms with Gasteiger partial charge >= 0.3 is 0 Å². The number of hydrogen-bond donors (Lipinski definition) is 0. The van der Waals surface area contributed by atoms with Gasteiger partial charge in [0.25, 0.3) is 11.1 Å². The first-order valence-electron chi connectivity index (χ1n) is 10.6. The van der Waals surface area contributed by atoms with E-state index < -0.39 is 0 Å². The molecule has 2 aliphatic heterocycles. The van der Waals surface area contributed by atoms with Crippen molar-refractivity contribution in [3.63, 3.8) is 0 Å². The van der Waals surface area contributed by atoms with Crippen LogP contribution in [0.4, 0.5) is 0 Å². The molecule has 3 heterocycles. The van der Waals surface area contributed by atoms with Crippen LogP contribution < -0.4 is 14.2 Å². The molecular formula is C22H29N3O4S. The summed E-state index contributed by atoms with van der Waals surface area (Å²) in [6.07, 6.45) is 6.16. The third-order valence-electron chi connectivity index (χ3n) is 5.91. The van der Waals surface area contributed by atoms with Gasteiger partial charge in [0.15, 0.2) is 6.61 Å². The van der Waals surface area contributed by atoms with Crippen LogP contribution in [0, 0.1) is 0 Å². The molecule has 0 atom stereocenters. The molecule has 1 amide bonds. The topological polar surface area (TPSA) is 64.1 Å². The maximum Gasteiger partial charge on any atom is 0.273 e. The Bertz CT molecular complexity index is 783. The van der Waals surface area contributed by atoms with Crippen LogP contribution in [0.15, 0.2) is 35.8 Å². The first-order chi connectivity index (χ1) is 14.7. The van der Waals surface area contributed by atoms with Crippen molar-refractivity contribution in [3.05, 3.63) is 35.8 Å². The lowest BCUT2D eigenvalue weighted by atomic mass is 9.99. The van der Waals surface area contributed by atoms with Gasteiger partial charge in [-0.05, 0) is 49.9 Å². The van der Waals surface area contributed by atoms with Crippen LogP contribution >= 0.6 is 11.3 Å². The maximum absolute atomic E-state index is 12.5. The SMILES string of the molecule is COc1ccc(OCC(=O)N2CCC(N3CCC(Oc4nccs4)CC3)CC2)cc1. The Balaban J connectivity index is 1.16. The summed E-state index contributed by atoms with van der Waals surface area (Å²) in [4.78, 5) is 21.2. The van der Waals surface area contributed by atoms with Gasteiger partial charge in [0.2, 0.25) is 0 Å². The quantitative estimate of drug-likeness (QED) is 0.671. The average molecular weight is 432 g/mol. The highest BCUT2D eigenvalue weighted by Crippen LogP contribution is 2.25. The molecule has 0 aliphatic carbocycles. The van der Waals surface area contributed by atoms with Crippen LogP contribution in [-0.4, -0.2) is 72.7 Å². The minimum Gasteiger partial charge on any atom is -0.497 e. The largest absolute Gasteiger partial charge is 0.497 e. The van der Waals surface area contributed by atoms with E-state index in [1.54, 1.807) is 24.6 Å². The molecule has 2 aromatic rings. The van der Waals surface area contributed by atoms with E-state index >= 15 is 0 Å². The second-order valence-corrected chi connectivity index (χ2v) is 8.58. The number of nitrogens with zero attached hydrogens (tertiary/aromatic N) is 3. The highest BCUT2D eigenvalue weighted by atomic mass is 32.1. The molecule has 1 aromatic heterocycles. The lowest BCUT2D eigenvalue weighted by Crippen LogP contribution is -2.50. The molecule has 2 fully saturated rings. The van der Waals surface area contributed by atoms with Crippen molar-refractivity contribution in [1.29, 1.82) is 0 Å². The number of hydrogen-bond acceptors (Lipinski definition) is 7. The molecule has 7 nitrogen and oxygen atoms in total. The van der Waals surface area contributed by atoms with E-state index in [2.05, 4.69) is 9.88 Å². The van der Waals surface area contributed by atoms with Crippen molar-refractivity contribution in [2.75, 3.05) is 39.9 Å². The van der Waals surface area contributed by atoms with E-state index in [1.165, 1.54) is 0 Å². The zero-order valence-electron chi connectivity index (χ0n) is 17.4. The van der Waals surface area contributed by atoms with Gasteiger partial charge in [-0.2, -0.15) is 0 Å². The van der Waals surface area contributed by atoms with Gasteiger partial charge in [-0.25, -0.2) is 4.98 Å². The van der Waals surface area contributed by atoms with Gasteiger partial charge in [-0.1, -0.05) is 11.3 Å². The van der Waals surface area contributed by atoms with Gasteiger partial charge in [0, 0.05) is 43.8 Å². The monoisotopic (exact) mass is 431 g/mol. The number of aromatic nitrogens is 1. The molecule has 162 valence electrons. The first-order valence-corrected chi connectivity index (χ1v) is 11.4. The lowest BCUT2D eigenvalue weighted by Gasteiger charge is -2.41.